The molecule has 2 N–H and O–H groups in total. The molecule has 0 aliphatic carbocycles. The fourth-order valence-corrected chi connectivity index (χ4v) is 2.90. The van der Waals surface area contributed by atoms with Crippen molar-refractivity contribution >= 4 is 46.0 Å². The Bertz CT molecular complexity index is 578. The first kappa shape index (κ1) is 14.9. The number of halogens is 1. The van der Waals surface area contributed by atoms with Crippen LogP contribution in [0.2, 0.25) is 5.02 Å². The fourth-order valence-electron chi connectivity index (χ4n) is 1.81. The zero-order chi connectivity index (χ0) is 14.7. The van der Waals surface area contributed by atoms with Gasteiger partial charge in [-0.1, -0.05) is 29.4 Å². The number of hydrogen-bond donors (Lipinski definition) is 2. The van der Waals surface area contributed by atoms with E-state index in [9.17, 15) is 9.59 Å². The Labute approximate surface area is 126 Å². The van der Waals surface area contributed by atoms with Crippen LogP contribution in [0, 0.1) is 13.8 Å². The molecule has 106 valence electrons. The van der Waals surface area contributed by atoms with Gasteiger partial charge in [-0.25, -0.2) is 0 Å². The van der Waals surface area contributed by atoms with Gasteiger partial charge in [0, 0.05) is 5.75 Å². The van der Waals surface area contributed by atoms with Gasteiger partial charge in [-0.15, -0.1) is 0 Å². The van der Waals surface area contributed by atoms with Crippen molar-refractivity contribution in [2.24, 2.45) is 4.99 Å². The molecular weight excluding hydrogens is 298 g/mol. The average molecular weight is 312 g/mol. The normalized spacial score (nSPS) is 13.8. The summed E-state index contributed by atoms with van der Waals surface area (Å²) in [5.41, 5.74) is 2.26. The number of hydrogen-bond acceptors (Lipinski definition) is 4. The number of carbonyl (C=O) groups excluding carboxylic acids is 2. The highest BCUT2D eigenvalue weighted by atomic mass is 35.5. The van der Waals surface area contributed by atoms with Crippen molar-refractivity contribution in [1.29, 1.82) is 0 Å². The summed E-state index contributed by atoms with van der Waals surface area (Å²) in [5, 5.41) is 5.90. The molecule has 0 unspecified atom stereocenters. The van der Waals surface area contributed by atoms with E-state index in [1.54, 1.807) is 6.07 Å². The molecule has 1 heterocycles. The molecule has 1 aliphatic heterocycles. The lowest BCUT2D eigenvalue weighted by Crippen LogP contribution is -2.37. The fraction of sp³-hybridized carbons (Fsp3) is 0.308. The number of aliphatic imine (C=N–C) groups is 1. The predicted octanol–water partition coefficient (Wildman–Crippen LogP) is 2.11. The van der Waals surface area contributed by atoms with Crippen molar-refractivity contribution in [1.82, 2.24) is 5.32 Å². The highest BCUT2D eigenvalue weighted by molar-refractivity contribution is 8.14. The van der Waals surface area contributed by atoms with Crippen LogP contribution in [0.1, 0.15) is 11.1 Å². The second kappa shape index (κ2) is 6.28. The van der Waals surface area contributed by atoms with E-state index in [2.05, 4.69) is 15.6 Å². The summed E-state index contributed by atoms with van der Waals surface area (Å²) in [4.78, 5) is 27.6. The number of benzene rings is 1. The molecule has 0 saturated heterocycles. The van der Waals surface area contributed by atoms with Gasteiger partial charge in [0.25, 0.3) is 0 Å². The summed E-state index contributed by atoms with van der Waals surface area (Å²) in [6.45, 7) is 4.39. The van der Waals surface area contributed by atoms with Crippen LogP contribution in [0.5, 0.6) is 0 Å². The molecule has 1 aromatic carbocycles. The van der Waals surface area contributed by atoms with Gasteiger partial charge in [0.2, 0.25) is 0 Å². The van der Waals surface area contributed by atoms with Gasteiger partial charge in [-0.05, 0) is 31.0 Å². The van der Waals surface area contributed by atoms with Crippen molar-refractivity contribution in [2.75, 3.05) is 17.6 Å². The standard InChI is InChI=1S/C13H14ClN3O2S/c1-7-5-8(2)10(9(14)6-7)16-11(18)12(19)17-13-15-3-4-20-13/h5-6H,3-4H2,1-2H3,(H,16,18)(H,15,17,19). The van der Waals surface area contributed by atoms with Gasteiger partial charge in [-0.3, -0.25) is 19.9 Å². The third-order valence-electron chi connectivity index (χ3n) is 2.68. The monoisotopic (exact) mass is 311 g/mol. The first-order chi connectivity index (χ1) is 9.47. The molecule has 0 bridgehead atoms. The molecule has 0 spiro atoms. The van der Waals surface area contributed by atoms with Crippen LogP contribution >= 0.6 is 23.4 Å². The van der Waals surface area contributed by atoms with Gasteiger partial charge in [0.15, 0.2) is 5.17 Å². The van der Waals surface area contributed by atoms with Crippen molar-refractivity contribution < 1.29 is 9.59 Å². The number of amidine groups is 1. The largest absolute Gasteiger partial charge is 0.316 e. The summed E-state index contributed by atoms with van der Waals surface area (Å²) < 4.78 is 0. The molecule has 5 nitrogen and oxygen atoms in total. The molecule has 2 amide bonds. The molecule has 0 saturated carbocycles. The second-order valence-electron chi connectivity index (χ2n) is 4.38. The minimum atomic E-state index is -0.756. The number of nitrogens with one attached hydrogen (secondary N) is 2. The summed E-state index contributed by atoms with van der Waals surface area (Å²) in [6.07, 6.45) is 0. The summed E-state index contributed by atoms with van der Waals surface area (Å²) in [5.74, 6) is -0.677. The molecule has 20 heavy (non-hydrogen) atoms. The third-order valence-corrected chi connectivity index (χ3v) is 3.87. The number of aryl methyl sites for hydroxylation is 2. The lowest BCUT2D eigenvalue weighted by Gasteiger charge is -2.11. The minimum absolute atomic E-state index is 0.413. The van der Waals surface area contributed by atoms with E-state index in [0.29, 0.717) is 22.4 Å². The zero-order valence-corrected chi connectivity index (χ0v) is 12.7. The van der Waals surface area contributed by atoms with E-state index in [0.717, 1.165) is 16.9 Å². The molecule has 0 atom stereocenters. The minimum Gasteiger partial charge on any atom is -0.316 e. The SMILES string of the molecule is Cc1cc(C)c(NC(=O)C(=O)NC2=NCCS2)c(Cl)c1. The molecule has 7 heteroatoms. The molecular formula is C13H14ClN3O2S. The van der Waals surface area contributed by atoms with E-state index in [1.165, 1.54) is 11.8 Å². The first-order valence-electron chi connectivity index (χ1n) is 6.03. The first-order valence-corrected chi connectivity index (χ1v) is 7.40. The maximum Gasteiger partial charge on any atom is 0.315 e. The second-order valence-corrected chi connectivity index (χ2v) is 5.87. The van der Waals surface area contributed by atoms with Gasteiger partial charge in [0.05, 0.1) is 17.3 Å². The third kappa shape index (κ3) is 3.52. The number of rotatable bonds is 1. The predicted molar refractivity (Wildman–Crippen MR) is 82.5 cm³/mol. The van der Waals surface area contributed by atoms with E-state index >= 15 is 0 Å². The zero-order valence-electron chi connectivity index (χ0n) is 11.1. The van der Waals surface area contributed by atoms with Crippen molar-refractivity contribution in [2.45, 2.75) is 13.8 Å². The van der Waals surface area contributed by atoms with Gasteiger partial charge >= 0.3 is 11.8 Å². The van der Waals surface area contributed by atoms with E-state index in [-0.39, 0.29) is 0 Å². The Morgan fingerprint density at radius 1 is 1.25 bits per heavy atom. The summed E-state index contributed by atoms with van der Waals surface area (Å²) >= 11 is 7.49. The number of amides is 2. The van der Waals surface area contributed by atoms with E-state index in [1.807, 2.05) is 19.9 Å². The van der Waals surface area contributed by atoms with Crippen molar-refractivity contribution in [3.05, 3.63) is 28.3 Å². The molecule has 1 aromatic rings. The Morgan fingerprint density at radius 2 is 1.95 bits per heavy atom. The maximum atomic E-state index is 11.8. The van der Waals surface area contributed by atoms with Crippen LogP contribution in [-0.4, -0.2) is 29.3 Å². The highest BCUT2D eigenvalue weighted by Gasteiger charge is 2.19. The Balaban J connectivity index is 2.06. The Morgan fingerprint density at radius 3 is 2.55 bits per heavy atom. The van der Waals surface area contributed by atoms with Gasteiger partial charge in [-0.2, -0.15) is 0 Å². The van der Waals surface area contributed by atoms with Gasteiger partial charge < -0.3 is 5.32 Å². The Kier molecular flexibility index (Phi) is 4.67. The van der Waals surface area contributed by atoms with E-state index < -0.39 is 11.8 Å². The lowest BCUT2D eigenvalue weighted by atomic mass is 10.1. The molecule has 2 rings (SSSR count). The maximum absolute atomic E-state index is 11.8. The topological polar surface area (TPSA) is 70.6 Å². The molecule has 0 fully saturated rings. The van der Waals surface area contributed by atoms with Crippen LogP contribution in [0.3, 0.4) is 0 Å². The van der Waals surface area contributed by atoms with Crippen LogP contribution in [0.15, 0.2) is 17.1 Å². The van der Waals surface area contributed by atoms with E-state index in [4.69, 9.17) is 11.6 Å². The number of carbonyl (C=O) groups is 2. The van der Waals surface area contributed by atoms with Crippen LogP contribution in [0.25, 0.3) is 0 Å². The van der Waals surface area contributed by atoms with Crippen molar-refractivity contribution in [3.63, 3.8) is 0 Å². The van der Waals surface area contributed by atoms with Gasteiger partial charge in [0.1, 0.15) is 0 Å². The number of anilines is 1. The van der Waals surface area contributed by atoms with Crippen molar-refractivity contribution in [3.8, 4) is 0 Å². The molecule has 0 aromatic heterocycles. The quantitative estimate of drug-likeness (QED) is 0.780. The number of nitrogens with zero attached hydrogens (tertiary/aromatic N) is 1. The lowest BCUT2D eigenvalue weighted by molar-refractivity contribution is -0.135. The Hall–Kier alpha value is -1.53. The summed E-state index contributed by atoms with van der Waals surface area (Å²) in [7, 11) is 0. The van der Waals surface area contributed by atoms with Crippen LogP contribution in [0.4, 0.5) is 5.69 Å². The molecule has 1 aliphatic rings. The highest BCUT2D eigenvalue weighted by Crippen LogP contribution is 2.27. The molecule has 0 radical (unpaired) electrons. The average Bonchev–Trinajstić information content (AvgIpc) is 2.86. The smallest absolute Gasteiger partial charge is 0.315 e. The number of thioether (sulfide) groups is 1. The summed E-state index contributed by atoms with van der Waals surface area (Å²) in [6, 6.07) is 3.62. The van der Waals surface area contributed by atoms with Crippen LogP contribution in [-0.2, 0) is 9.59 Å². The van der Waals surface area contributed by atoms with Crippen LogP contribution < -0.4 is 10.6 Å².